The van der Waals surface area contributed by atoms with Crippen molar-refractivity contribution < 1.29 is 9.53 Å². The van der Waals surface area contributed by atoms with Crippen LogP contribution >= 0.6 is 0 Å². The first kappa shape index (κ1) is 12.6. The standard InChI is InChI=1S/C12H23N3O2/c1-10(17-2)9-14-6-3-11(4-7-14)15-8-5-13-12(15)16/h10-11H,3-9H2,1-2H3,(H,13,16). The molecule has 0 bridgehead atoms. The Morgan fingerprint density at radius 2 is 2.12 bits per heavy atom. The summed E-state index contributed by atoms with van der Waals surface area (Å²) in [4.78, 5) is 16.0. The number of hydrogen-bond donors (Lipinski definition) is 1. The van der Waals surface area contributed by atoms with Crippen LogP contribution in [0, 0.1) is 0 Å². The lowest BCUT2D eigenvalue weighted by molar-refractivity contribution is 0.0577. The van der Waals surface area contributed by atoms with Crippen LogP contribution in [-0.4, -0.2) is 67.8 Å². The molecule has 0 spiro atoms. The second kappa shape index (κ2) is 5.69. The van der Waals surface area contributed by atoms with Crippen LogP contribution in [-0.2, 0) is 4.74 Å². The number of carbonyl (C=O) groups is 1. The van der Waals surface area contributed by atoms with Crippen molar-refractivity contribution in [3.05, 3.63) is 0 Å². The zero-order chi connectivity index (χ0) is 12.3. The minimum absolute atomic E-state index is 0.119. The molecule has 17 heavy (non-hydrogen) atoms. The van der Waals surface area contributed by atoms with Crippen molar-refractivity contribution in [1.82, 2.24) is 15.1 Å². The molecule has 2 amide bonds. The van der Waals surface area contributed by atoms with Crippen LogP contribution in [0.5, 0.6) is 0 Å². The number of urea groups is 1. The van der Waals surface area contributed by atoms with Gasteiger partial charge in [0.1, 0.15) is 0 Å². The van der Waals surface area contributed by atoms with Gasteiger partial charge in [0.05, 0.1) is 6.10 Å². The minimum Gasteiger partial charge on any atom is -0.380 e. The maximum Gasteiger partial charge on any atom is 0.317 e. The lowest BCUT2D eigenvalue weighted by atomic mass is 10.0. The molecule has 0 aromatic carbocycles. The molecule has 1 N–H and O–H groups in total. The lowest BCUT2D eigenvalue weighted by Crippen LogP contribution is -2.47. The molecule has 0 aliphatic carbocycles. The SMILES string of the molecule is COC(C)CN1CCC(N2CCNC2=O)CC1. The van der Waals surface area contributed by atoms with E-state index in [1.807, 2.05) is 4.90 Å². The molecular formula is C12H23N3O2. The van der Waals surface area contributed by atoms with Crippen molar-refractivity contribution in [3.8, 4) is 0 Å². The van der Waals surface area contributed by atoms with E-state index in [2.05, 4.69) is 17.1 Å². The van der Waals surface area contributed by atoms with Gasteiger partial charge in [-0.25, -0.2) is 4.79 Å². The maximum absolute atomic E-state index is 11.6. The number of ether oxygens (including phenoxy) is 1. The molecule has 5 heteroatoms. The molecule has 0 radical (unpaired) electrons. The number of hydrogen-bond acceptors (Lipinski definition) is 3. The summed E-state index contributed by atoms with van der Waals surface area (Å²) in [6.07, 6.45) is 2.47. The highest BCUT2D eigenvalue weighted by Gasteiger charge is 2.30. The fourth-order valence-electron chi connectivity index (χ4n) is 2.69. The number of carbonyl (C=O) groups excluding carboxylic acids is 1. The summed E-state index contributed by atoms with van der Waals surface area (Å²) < 4.78 is 5.28. The molecule has 2 aliphatic rings. The van der Waals surface area contributed by atoms with Gasteiger partial charge in [0.25, 0.3) is 0 Å². The molecule has 2 aliphatic heterocycles. The molecule has 5 nitrogen and oxygen atoms in total. The number of methoxy groups -OCH3 is 1. The van der Waals surface area contributed by atoms with Gasteiger partial charge < -0.3 is 19.9 Å². The van der Waals surface area contributed by atoms with Crippen LogP contribution in [0.2, 0.25) is 0 Å². The number of likely N-dealkylation sites (tertiary alicyclic amines) is 1. The van der Waals surface area contributed by atoms with Gasteiger partial charge in [-0.1, -0.05) is 0 Å². The molecule has 1 unspecified atom stereocenters. The van der Waals surface area contributed by atoms with Crippen molar-refractivity contribution in [2.24, 2.45) is 0 Å². The van der Waals surface area contributed by atoms with Crippen molar-refractivity contribution in [3.63, 3.8) is 0 Å². The number of nitrogens with one attached hydrogen (secondary N) is 1. The summed E-state index contributed by atoms with van der Waals surface area (Å²) in [7, 11) is 1.76. The summed E-state index contributed by atoms with van der Waals surface area (Å²) in [5, 5.41) is 2.87. The Morgan fingerprint density at radius 3 is 2.65 bits per heavy atom. The Kier molecular flexibility index (Phi) is 4.23. The van der Waals surface area contributed by atoms with Gasteiger partial charge >= 0.3 is 6.03 Å². The molecule has 2 rings (SSSR count). The summed E-state index contributed by atoms with van der Waals surface area (Å²) in [5.41, 5.74) is 0. The van der Waals surface area contributed by atoms with E-state index < -0.39 is 0 Å². The first-order valence-electron chi connectivity index (χ1n) is 6.50. The molecule has 0 aromatic heterocycles. The largest absolute Gasteiger partial charge is 0.380 e. The number of nitrogens with zero attached hydrogens (tertiary/aromatic N) is 2. The molecule has 2 heterocycles. The third-order valence-electron chi connectivity index (χ3n) is 3.81. The quantitative estimate of drug-likeness (QED) is 0.780. The molecule has 98 valence electrons. The Balaban J connectivity index is 1.76. The summed E-state index contributed by atoms with van der Waals surface area (Å²) in [6.45, 7) is 6.91. The van der Waals surface area contributed by atoms with E-state index in [1.165, 1.54) is 0 Å². The Hall–Kier alpha value is -0.810. The zero-order valence-electron chi connectivity index (χ0n) is 10.8. The number of rotatable bonds is 4. The Morgan fingerprint density at radius 1 is 1.41 bits per heavy atom. The molecule has 2 saturated heterocycles. The zero-order valence-corrected chi connectivity index (χ0v) is 10.8. The molecule has 2 fully saturated rings. The topological polar surface area (TPSA) is 44.8 Å². The van der Waals surface area contributed by atoms with Crippen molar-refractivity contribution >= 4 is 6.03 Å². The summed E-state index contributed by atoms with van der Waals surface area (Å²) >= 11 is 0. The normalized spacial score (nSPS) is 25.1. The smallest absolute Gasteiger partial charge is 0.317 e. The van der Waals surface area contributed by atoms with Crippen molar-refractivity contribution in [2.75, 3.05) is 39.8 Å². The van der Waals surface area contributed by atoms with Gasteiger partial charge in [0.2, 0.25) is 0 Å². The van der Waals surface area contributed by atoms with Crippen molar-refractivity contribution in [2.45, 2.75) is 31.9 Å². The van der Waals surface area contributed by atoms with Gasteiger partial charge in [-0.15, -0.1) is 0 Å². The highest BCUT2D eigenvalue weighted by molar-refractivity contribution is 5.76. The lowest BCUT2D eigenvalue weighted by Gasteiger charge is -2.36. The van der Waals surface area contributed by atoms with E-state index >= 15 is 0 Å². The van der Waals surface area contributed by atoms with Crippen molar-refractivity contribution in [1.29, 1.82) is 0 Å². The second-order valence-electron chi connectivity index (χ2n) is 5.00. The van der Waals surface area contributed by atoms with Crippen LogP contribution < -0.4 is 5.32 Å². The average molecular weight is 241 g/mol. The molecular weight excluding hydrogens is 218 g/mol. The third kappa shape index (κ3) is 3.10. The van der Waals surface area contributed by atoms with Crippen LogP contribution in [0.15, 0.2) is 0 Å². The number of amides is 2. The van der Waals surface area contributed by atoms with Gasteiger partial charge in [0, 0.05) is 45.9 Å². The molecule has 1 atom stereocenters. The van der Waals surface area contributed by atoms with E-state index in [0.717, 1.165) is 45.6 Å². The predicted octanol–water partition coefficient (Wildman–Crippen LogP) is 0.511. The fourth-order valence-corrected chi connectivity index (χ4v) is 2.69. The van der Waals surface area contributed by atoms with Crippen LogP contribution in [0.1, 0.15) is 19.8 Å². The highest BCUT2D eigenvalue weighted by atomic mass is 16.5. The van der Waals surface area contributed by atoms with Crippen LogP contribution in [0.4, 0.5) is 4.79 Å². The van der Waals surface area contributed by atoms with Gasteiger partial charge in [-0.05, 0) is 19.8 Å². The third-order valence-corrected chi connectivity index (χ3v) is 3.81. The Bertz CT molecular complexity index is 264. The van der Waals surface area contributed by atoms with Crippen LogP contribution in [0.25, 0.3) is 0 Å². The van der Waals surface area contributed by atoms with Crippen LogP contribution in [0.3, 0.4) is 0 Å². The van der Waals surface area contributed by atoms with Gasteiger partial charge in [-0.3, -0.25) is 0 Å². The maximum atomic E-state index is 11.6. The fraction of sp³-hybridized carbons (Fsp3) is 0.917. The average Bonchev–Trinajstić information content (AvgIpc) is 2.76. The second-order valence-corrected chi connectivity index (χ2v) is 5.00. The Labute approximate surface area is 103 Å². The first-order chi connectivity index (χ1) is 8.20. The van der Waals surface area contributed by atoms with E-state index in [9.17, 15) is 4.79 Å². The van der Waals surface area contributed by atoms with Gasteiger partial charge in [-0.2, -0.15) is 0 Å². The summed E-state index contributed by atoms with van der Waals surface area (Å²) in [6, 6.07) is 0.556. The van der Waals surface area contributed by atoms with E-state index in [-0.39, 0.29) is 6.03 Å². The molecule has 0 aromatic rings. The summed E-state index contributed by atoms with van der Waals surface area (Å²) in [5.74, 6) is 0. The monoisotopic (exact) mass is 241 g/mol. The minimum atomic E-state index is 0.119. The highest BCUT2D eigenvalue weighted by Crippen LogP contribution is 2.18. The molecule has 0 saturated carbocycles. The van der Waals surface area contributed by atoms with Gasteiger partial charge in [0.15, 0.2) is 0 Å². The van der Waals surface area contributed by atoms with E-state index in [0.29, 0.717) is 12.1 Å². The number of piperidine rings is 1. The van der Waals surface area contributed by atoms with E-state index in [1.54, 1.807) is 7.11 Å². The van der Waals surface area contributed by atoms with E-state index in [4.69, 9.17) is 4.74 Å². The predicted molar refractivity (Wildman–Crippen MR) is 66.0 cm³/mol. The first-order valence-corrected chi connectivity index (χ1v) is 6.50.